The number of primary amides is 1. The molecule has 22 heavy (non-hydrogen) atoms. The molecule has 0 heterocycles. The Bertz CT molecular complexity index is 505. The SMILES string of the molecule is NC(=O)NCCCC(NC(=O)CCc1ccccc1)C(=O)O. The number of nitrogens with one attached hydrogen (secondary N) is 2. The zero-order valence-corrected chi connectivity index (χ0v) is 12.2. The average Bonchev–Trinajstić information content (AvgIpc) is 2.48. The van der Waals surface area contributed by atoms with E-state index in [0.29, 0.717) is 12.8 Å². The smallest absolute Gasteiger partial charge is 0.326 e. The molecule has 0 saturated carbocycles. The number of hydrogen-bond acceptors (Lipinski definition) is 3. The molecule has 0 bridgehead atoms. The summed E-state index contributed by atoms with van der Waals surface area (Å²) < 4.78 is 0. The minimum Gasteiger partial charge on any atom is -0.480 e. The van der Waals surface area contributed by atoms with Crippen molar-refractivity contribution >= 4 is 17.9 Å². The predicted octanol–water partition coefficient (Wildman–Crippen LogP) is 0.637. The van der Waals surface area contributed by atoms with E-state index in [1.165, 1.54) is 0 Å². The summed E-state index contributed by atoms with van der Waals surface area (Å²) in [4.78, 5) is 33.4. The summed E-state index contributed by atoms with van der Waals surface area (Å²) in [6.07, 6.45) is 1.43. The summed E-state index contributed by atoms with van der Waals surface area (Å²) in [6.45, 7) is 0.277. The van der Waals surface area contributed by atoms with Crippen molar-refractivity contribution in [3.05, 3.63) is 35.9 Å². The fourth-order valence-electron chi connectivity index (χ4n) is 1.94. The van der Waals surface area contributed by atoms with Gasteiger partial charge in [0.05, 0.1) is 0 Å². The van der Waals surface area contributed by atoms with Crippen molar-refractivity contribution in [3.63, 3.8) is 0 Å². The molecule has 0 aliphatic carbocycles. The zero-order valence-electron chi connectivity index (χ0n) is 12.2. The minimum absolute atomic E-state index is 0.229. The van der Waals surface area contributed by atoms with Crippen LogP contribution in [0.25, 0.3) is 0 Å². The first-order valence-electron chi connectivity index (χ1n) is 7.08. The second-order valence-electron chi connectivity index (χ2n) is 4.88. The molecular formula is C15H21N3O4. The molecule has 0 saturated heterocycles. The van der Waals surface area contributed by atoms with Crippen molar-refractivity contribution in [1.29, 1.82) is 0 Å². The predicted molar refractivity (Wildman–Crippen MR) is 81.1 cm³/mol. The molecule has 1 aromatic rings. The van der Waals surface area contributed by atoms with Crippen LogP contribution >= 0.6 is 0 Å². The first-order valence-corrected chi connectivity index (χ1v) is 7.08. The van der Waals surface area contributed by atoms with E-state index in [9.17, 15) is 14.4 Å². The Morgan fingerprint density at radius 2 is 1.86 bits per heavy atom. The Morgan fingerprint density at radius 3 is 2.45 bits per heavy atom. The van der Waals surface area contributed by atoms with Crippen LogP contribution < -0.4 is 16.4 Å². The number of benzene rings is 1. The number of amides is 3. The topological polar surface area (TPSA) is 122 Å². The molecule has 120 valence electrons. The molecule has 0 spiro atoms. The number of aryl methyl sites for hydroxylation is 1. The first-order chi connectivity index (χ1) is 10.5. The molecular weight excluding hydrogens is 286 g/mol. The molecule has 0 fully saturated rings. The number of rotatable bonds is 9. The lowest BCUT2D eigenvalue weighted by Crippen LogP contribution is -2.41. The number of nitrogens with two attached hydrogens (primary N) is 1. The minimum atomic E-state index is -1.09. The molecule has 7 heteroatoms. The molecule has 1 aromatic carbocycles. The third-order valence-electron chi connectivity index (χ3n) is 3.09. The Hall–Kier alpha value is -2.57. The highest BCUT2D eigenvalue weighted by Gasteiger charge is 2.19. The summed E-state index contributed by atoms with van der Waals surface area (Å²) in [7, 11) is 0. The van der Waals surface area contributed by atoms with Gasteiger partial charge in [0.15, 0.2) is 0 Å². The quantitative estimate of drug-likeness (QED) is 0.500. The number of hydrogen-bond donors (Lipinski definition) is 4. The normalized spacial score (nSPS) is 11.5. The largest absolute Gasteiger partial charge is 0.480 e. The van der Waals surface area contributed by atoms with Crippen molar-refractivity contribution in [1.82, 2.24) is 10.6 Å². The lowest BCUT2D eigenvalue weighted by molar-refractivity contribution is -0.142. The highest BCUT2D eigenvalue weighted by atomic mass is 16.4. The van der Waals surface area contributed by atoms with E-state index in [4.69, 9.17) is 10.8 Å². The van der Waals surface area contributed by atoms with E-state index in [2.05, 4.69) is 10.6 Å². The molecule has 1 unspecified atom stereocenters. The second-order valence-corrected chi connectivity index (χ2v) is 4.88. The lowest BCUT2D eigenvalue weighted by Gasteiger charge is -2.14. The van der Waals surface area contributed by atoms with E-state index in [1.807, 2.05) is 30.3 Å². The van der Waals surface area contributed by atoms with Crippen LogP contribution in [0.2, 0.25) is 0 Å². The van der Waals surface area contributed by atoms with Gasteiger partial charge in [-0.05, 0) is 24.8 Å². The van der Waals surface area contributed by atoms with Crippen LogP contribution in [0.5, 0.6) is 0 Å². The Labute approximate surface area is 128 Å². The number of carbonyl (C=O) groups excluding carboxylic acids is 2. The van der Waals surface area contributed by atoms with Gasteiger partial charge < -0.3 is 21.5 Å². The highest BCUT2D eigenvalue weighted by Crippen LogP contribution is 2.03. The molecule has 5 N–H and O–H groups in total. The van der Waals surface area contributed by atoms with E-state index in [0.717, 1.165) is 5.56 Å². The summed E-state index contributed by atoms with van der Waals surface area (Å²) in [6, 6.07) is 7.88. The first kappa shape index (κ1) is 17.5. The van der Waals surface area contributed by atoms with Gasteiger partial charge in [-0.15, -0.1) is 0 Å². The van der Waals surface area contributed by atoms with Crippen LogP contribution in [0.15, 0.2) is 30.3 Å². The molecule has 0 aliphatic heterocycles. The number of carboxylic acid groups (broad SMARTS) is 1. The van der Waals surface area contributed by atoms with Crippen LogP contribution in [0.1, 0.15) is 24.8 Å². The highest BCUT2D eigenvalue weighted by molar-refractivity contribution is 5.83. The fraction of sp³-hybridized carbons (Fsp3) is 0.400. The van der Waals surface area contributed by atoms with Crippen LogP contribution in [0.3, 0.4) is 0 Å². The van der Waals surface area contributed by atoms with E-state index in [-0.39, 0.29) is 25.3 Å². The molecule has 0 aromatic heterocycles. The van der Waals surface area contributed by atoms with E-state index >= 15 is 0 Å². The second kappa shape index (κ2) is 9.38. The van der Waals surface area contributed by atoms with Gasteiger partial charge in [-0.3, -0.25) is 4.79 Å². The third-order valence-corrected chi connectivity index (χ3v) is 3.09. The van der Waals surface area contributed by atoms with Crippen molar-refractivity contribution in [3.8, 4) is 0 Å². The van der Waals surface area contributed by atoms with Gasteiger partial charge in [-0.2, -0.15) is 0 Å². The van der Waals surface area contributed by atoms with Crippen molar-refractivity contribution in [2.45, 2.75) is 31.7 Å². The standard InChI is InChI=1S/C15H21N3O4/c16-15(22)17-10-4-7-12(14(20)21)18-13(19)9-8-11-5-2-1-3-6-11/h1-3,5-6,12H,4,7-10H2,(H,18,19)(H,20,21)(H3,16,17,22). The number of aliphatic carboxylic acids is 1. The lowest BCUT2D eigenvalue weighted by atomic mass is 10.1. The Kier molecular flexibility index (Phi) is 7.45. The van der Waals surface area contributed by atoms with Gasteiger partial charge >= 0.3 is 12.0 Å². The van der Waals surface area contributed by atoms with E-state index < -0.39 is 18.0 Å². The maximum atomic E-state index is 11.8. The van der Waals surface area contributed by atoms with Crippen LogP contribution in [-0.4, -0.2) is 35.6 Å². The van der Waals surface area contributed by atoms with Crippen LogP contribution in [0, 0.1) is 0 Å². The van der Waals surface area contributed by atoms with E-state index in [1.54, 1.807) is 0 Å². The van der Waals surface area contributed by atoms with Gasteiger partial charge in [0.25, 0.3) is 0 Å². The summed E-state index contributed by atoms with van der Waals surface area (Å²) >= 11 is 0. The van der Waals surface area contributed by atoms with Gasteiger partial charge in [-0.1, -0.05) is 30.3 Å². The van der Waals surface area contributed by atoms with Crippen LogP contribution in [-0.2, 0) is 16.0 Å². The molecule has 1 atom stereocenters. The third kappa shape index (κ3) is 7.28. The van der Waals surface area contributed by atoms with Gasteiger partial charge in [0, 0.05) is 13.0 Å². The molecule has 0 radical (unpaired) electrons. The molecule has 7 nitrogen and oxygen atoms in total. The summed E-state index contributed by atoms with van der Waals surface area (Å²) in [5.74, 6) is -1.40. The summed E-state index contributed by atoms with van der Waals surface area (Å²) in [5.41, 5.74) is 5.93. The van der Waals surface area contributed by atoms with Gasteiger partial charge in [-0.25, -0.2) is 9.59 Å². The average molecular weight is 307 g/mol. The number of urea groups is 1. The molecule has 1 rings (SSSR count). The van der Waals surface area contributed by atoms with Crippen molar-refractivity contribution in [2.24, 2.45) is 5.73 Å². The fourth-order valence-corrected chi connectivity index (χ4v) is 1.94. The summed E-state index contributed by atoms with van der Waals surface area (Å²) in [5, 5.41) is 14.0. The van der Waals surface area contributed by atoms with Gasteiger partial charge in [0.2, 0.25) is 5.91 Å². The maximum Gasteiger partial charge on any atom is 0.326 e. The molecule has 0 aliphatic rings. The monoisotopic (exact) mass is 307 g/mol. The molecule has 3 amide bonds. The van der Waals surface area contributed by atoms with Crippen molar-refractivity contribution < 1.29 is 19.5 Å². The zero-order chi connectivity index (χ0) is 16.4. The Morgan fingerprint density at radius 1 is 1.18 bits per heavy atom. The maximum absolute atomic E-state index is 11.8. The van der Waals surface area contributed by atoms with Crippen LogP contribution in [0.4, 0.5) is 4.79 Å². The Balaban J connectivity index is 2.34. The number of carbonyl (C=O) groups is 3. The number of carboxylic acids is 1. The van der Waals surface area contributed by atoms with Gasteiger partial charge in [0.1, 0.15) is 6.04 Å². The van der Waals surface area contributed by atoms with Crippen molar-refractivity contribution in [2.75, 3.05) is 6.54 Å².